The second-order valence-corrected chi connectivity index (χ2v) is 4.99. The zero-order valence-corrected chi connectivity index (χ0v) is 12.3. The van der Waals surface area contributed by atoms with Crippen LogP contribution < -0.4 is 10.6 Å². The predicted octanol–water partition coefficient (Wildman–Crippen LogP) is 3.60. The average molecular weight is 299 g/mol. The number of anilines is 1. The Bertz CT molecular complexity index is 487. The maximum Gasteiger partial charge on any atom is 0.335 e. The number of carboxylic acid groups (broad SMARTS) is 1. The number of rotatable bonds is 6. The summed E-state index contributed by atoms with van der Waals surface area (Å²) < 4.78 is 0. The molecule has 0 bridgehead atoms. The van der Waals surface area contributed by atoms with Gasteiger partial charge >= 0.3 is 12.0 Å². The van der Waals surface area contributed by atoms with Gasteiger partial charge in [-0.15, -0.1) is 0 Å². The van der Waals surface area contributed by atoms with Gasteiger partial charge in [0.05, 0.1) is 5.56 Å². The summed E-state index contributed by atoms with van der Waals surface area (Å²) in [4.78, 5) is 22.6. The third kappa shape index (κ3) is 5.09. The first kappa shape index (κ1) is 16.3. The summed E-state index contributed by atoms with van der Waals surface area (Å²) in [6.07, 6.45) is 1.99. The van der Waals surface area contributed by atoms with E-state index in [1.165, 1.54) is 18.2 Å². The van der Waals surface area contributed by atoms with Gasteiger partial charge < -0.3 is 15.7 Å². The van der Waals surface area contributed by atoms with Gasteiger partial charge in [0.15, 0.2) is 0 Å². The monoisotopic (exact) mass is 298 g/mol. The van der Waals surface area contributed by atoms with Gasteiger partial charge in [-0.1, -0.05) is 38.3 Å². The molecule has 0 radical (unpaired) electrons. The molecule has 0 unspecified atom stereocenters. The molecule has 0 heterocycles. The number of urea groups is 1. The fraction of sp³-hybridized carbons (Fsp3) is 0.429. The van der Waals surface area contributed by atoms with E-state index in [1.54, 1.807) is 0 Å². The number of hydrogen-bond acceptors (Lipinski definition) is 2. The quantitative estimate of drug-likeness (QED) is 0.751. The van der Waals surface area contributed by atoms with Crippen LogP contribution in [-0.2, 0) is 0 Å². The maximum atomic E-state index is 11.7. The zero-order valence-electron chi connectivity index (χ0n) is 11.6. The fourth-order valence-electron chi connectivity index (χ4n) is 1.77. The molecule has 0 saturated carbocycles. The lowest BCUT2D eigenvalue weighted by molar-refractivity contribution is 0.0697. The zero-order chi connectivity index (χ0) is 15.1. The van der Waals surface area contributed by atoms with Crippen LogP contribution in [0.4, 0.5) is 10.5 Å². The lowest BCUT2D eigenvalue weighted by Gasteiger charge is -2.14. The minimum absolute atomic E-state index is 0.0350. The highest BCUT2D eigenvalue weighted by atomic mass is 35.5. The summed E-state index contributed by atoms with van der Waals surface area (Å²) >= 11 is 5.81. The van der Waals surface area contributed by atoms with Crippen LogP contribution in [0.25, 0.3) is 0 Å². The number of carbonyl (C=O) groups excluding carboxylic acids is 1. The molecule has 1 aromatic rings. The normalized spacial score (nSPS) is 10.4. The third-order valence-corrected chi connectivity index (χ3v) is 3.33. The topological polar surface area (TPSA) is 78.4 Å². The SMILES string of the molecule is CCC(CC)CNC(=O)Nc1cc(Cl)cc(C(=O)O)c1. The Morgan fingerprint density at radius 1 is 1.25 bits per heavy atom. The minimum atomic E-state index is -1.09. The Labute approximate surface area is 123 Å². The summed E-state index contributed by atoms with van der Waals surface area (Å²) in [5.41, 5.74) is 0.393. The van der Waals surface area contributed by atoms with Crippen molar-refractivity contribution in [2.24, 2.45) is 5.92 Å². The van der Waals surface area contributed by atoms with Crippen molar-refractivity contribution in [1.82, 2.24) is 5.32 Å². The van der Waals surface area contributed by atoms with Crippen LogP contribution in [0.3, 0.4) is 0 Å². The molecule has 20 heavy (non-hydrogen) atoms. The Morgan fingerprint density at radius 2 is 1.90 bits per heavy atom. The highest BCUT2D eigenvalue weighted by Crippen LogP contribution is 2.19. The van der Waals surface area contributed by atoms with Gasteiger partial charge in [-0.25, -0.2) is 9.59 Å². The average Bonchev–Trinajstić information content (AvgIpc) is 2.39. The molecule has 0 aliphatic rings. The van der Waals surface area contributed by atoms with Crippen molar-refractivity contribution in [2.45, 2.75) is 26.7 Å². The van der Waals surface area contributed by atoms with Crippen molar-refractivity contribution < 1.29 is 14.7 Å². The Morgan fingerprint density at radius 3 is 2.45 bits per heavy atom. The lowest BCUT2D eigenvalue weighted by Crippen LogP contribution is -2.32. The van der Waals surface area contributed by atoms with E-state index in [9.17, 15) is 9.59 Å². The van der Waals surface area contributed by atoms with E-state index in [1.807, 2.05) is 0 Å². The molecule has 0 aliphatic carbocycles. The Hall–Kier alpha value is -1.75. The number of hydrogen-bond donors (Lipinski definition) is 3. The standard InChI is InChI=1S/C14H19ClN2O3/c1-3-9(4-2)8-16-14(20)17-12-6-10(13(18)19)5-11(15)7-12/h5-7,9H,3-4,8H2,1-2H3,(H,18,19)(H2,16,17,20). The van der Waals surface area contributed by atoms with E-state index in [0.29, 0.717) is 18.2 Å². The fourth-order valence-corrected chi connectivity index (χ4v) is 2.01. The van der Waals surface area contributed by atoms with E-state index in [-0.39, 0.29) is 16.6 Å². The number of amides is 2. The summed E-state index contributed by atoms with van der Waals surface area (Å²) in [6, 6.07) is 3.84. The number of benzene rings is 1. The van der Waals surface area contributed by atoms with Crippen molar-refractivity contribution in [3.8, 4) is 0 Å². The molecule has 0 saturated heterocycles. The second-order valence-electron chi connectivity index (χ2n) is 4.55. The molecule has 0 fully saturated rings. The van der Waals surface area contributed by atoms with Gasteiger partial charge in [-0.05, 0) is 24.1 Å². The van der Waals surface area contributed by atoms with Gasteiger partial charge in [0.25, 0.3) is 0 Å². The van der Waals surface area contributed by atoms with Gasteiger partial charge in [-0.2, -0.15) is 0 Å². The maximum absolute atomic E-state index is 11.7. The van der Waals surface area contributed by atoms with Crippen LogP contribution in [0.15, 0.2) is 18.2 Å². The van der Waals surface area contributed by atoms with Gasteiger partial charge in [0.1, 0.15) is 0 Å². The summed E-state index contributed by atoms with van der Waals surface area (Å²) in [5.74, 6) is -0.650. The van der Waals surface area contributed by atoms with E-state index in [2.05, 4.69) is 24.5 Å². The molecule has 3 N–H and O–H groups in total. The number of aromatic carboxylic acids is 1. The molecule has 0 spiro atoms. The van der Waals surface area contributed by atoms with Crippen molar-refractivity contribution in [2.75, 3.05) is 11.9 Å². The highest BCUT2D eigenvalue weighted by Gasteiger charge is 2.10. The van der Waals surface area contributed by atoms with Gasteiger partial charge in [-0.3, -0.25) is 0 Å². The Kier molecular flexibility index (Phi) is 6.31. The smallest absolute Gasteiger partial charge is 0.335 e. The van der Waals surface area contributed by atoms with E-state index >= 15 is 0 Å². The molecular formula is C14H19ClN2O3. The first-order chi connectivity index (χ1) is 9.46. The third-order valence-electron chi connectivity index (χ3n) is 3.11. The largest absolute Gasteiger partial charge is 0.478 e. The Balaban J connectivity index is 2.64. The van der Waals surface area contributed by atoms with Gasteiger partial charge in [0.2, 0.25) is 0 Å². The number of nitrogens with one attached hydrogen (secondary N) is 2. The number of halogens is 1. The highest BCUT2D eigenvalue weighted by molar-refractivity contribution is 6.31. The van der Waals surface area contributed by atoms with E-state index in [0.717, 1.165) is 12.8 Å². The van der Waals surface area contributed by atoms with Crippen molar-refractivity contribution >= 4 is 29.3 Å². The summed E-state index contributed by atoms with van der Waals surface area (Å²) in [6.45, 7) is 4.74. The molecule has 2 amide bonds. The van der Waals surface area contributed by atoms with Crippen LogP contribution >= 0.6 is 11.6 Å². The number of carboxylic acids is 1. The second kappa shape index (κ2) is 7.75. The van der Waals surface area contributed by atoms with Crippen LogP contribution in [0, 0.1) is 5.92 Å². The van der Waals surface area contributed by atoms with E-state index < -0.39 is 5.97 Å². The molecule has 110 valence electrons. The number of carbonyl (C=O) groups is 2. The lowest BCUT2D eigenvalue weighted by atomic mass is 10.0. The molecule has 6 heteroatoms. The molecule has 0 atom stereocenters. The summed E-state index contributed by atoms with van der Waals surface area (Å²) in [5, 5.41) is 14.5. The van der Waals surface area contributed by atoms with Gasteiger partial charge in [0, 0.05) is 17.3 Å². The molecule has 5 nitrogen and oxygen atoms in total. The molecule has 1 rings (SSSR count). The van der Waals surface area contributed by atoms with Crippen molar-refractivity contribution in [1.29, 1.82) is 0 Å². The van der Waals surface area contributed by atoms with E-state index in [4.69, 9.17) is 16.7 Å². The van der Waals surface area contributed by atoms with Crippen LogP contribution in [0.1, 0.15) is 37.0 Å². The minimum Gasteiger partial charge on any atom is -0.478 e. The predicted molar refractivity (Wildman–Crippen MR) is 79.5 cm³/mol. The first-order valence-corrected chi connectivity index (χ1v) is 6.92. The van der Waals surface area contributed by atoms with Crippen molar-refractivity contribution in [3.05, 3.63) is 28.8 Å². The van der Waals surface area contributed by atoms with Crippen molar-refractivity contribution in [3.63, 3.8) is 0 Å². The summed E-state index contributed by atoms with van der Waals surface area (Å²) in [7, 11) is 0. The molecular weight excluding hydrogens is 280 g/mol. The molecule has 0 aliphatic heterocycles. The molecule has 1 aromatic carbocycles. The first-order valence-electron chi connectivity index (χ1n) is 6.55. The molecule has 0 aromatic heterocycles. The van der Waals surface area contributed by atoms with Crippen LogP contribution in [0.2, 0.25) is 5.02 Å². The van der Waals surface area contributed by atoms with Crippen LogP contribution in [-0.4, -0.2) is 23.7 Å². The van der Waals surface area contributed by atoms with Crippen LogP contribution in [0.5, 0.6) is 0 Å².